The van der Waals surface area contributed by atoms with Crippen molar-refractivity contribution in [1.29, 1.82) is 5.26 Å². The summed E-state index contributed by atoms with van der Waals surface area (Å²) < 4.78 is 7.76. The van der Waals surface area contributed by atoms with Gasteiger partial charge in [0, 0.05) is 30.4 Å². The zero-order valence-corrected chi connectivity index (χ0v) is 19.2. The van der Waals surface area contributed by atoms with Gasteiger partial charge >= 0.3 is 0 Å². The molecule has 7 nitrogen and oxygen atoms in total. The average molecular weight is 461 g/mol. The minimum absolute atomic E-state index is 0.0683. The number of thioether (sulfide) groups is 1. The van der Waals surface area contributed by atoms with Crippen LogP contribution in [0.15, 0.2) is 47.4 Å². The van der Waals surface area contributed by atoms with Crippen LogP contribution in [0.2, 0.25) is 0 Å². The van der Waals surface area contributed by atoms with Gasteiger partial charge in [0.15, 0.2) is 0 Å². The first-order chi connectivity index (χ1) is 16.0. The largest absolute Gasteiger partial charge is 0.475 e. The Morgan fingerprint density at radius 2 is 2.06 bits per heavy atom. The van der Waals surface area contributed by atoms with Crippen molar-refractivity contribution in [2.45, 2.75) is 42.2 Å². The second-order valence-electron chi connectivity index (χ2n) is 8.76. The van der Waals surface area contributed by atoms with Crippen LogP contribution in [-0.2, 0) is 13.6 Å². The third-order valence-corrected chi connectivity index (χ3v) is 7.92. The lowest BCUT2D eigenvalue weighted by atomic mass is 10.1. The summed E-state index contributed by atoms with van der Waals surface area (Å²) in [5.74, 6) is -0.0155. The van der Waals surface area contributed by atoms with E-state index in [2.05, 4.69) is 16.4 Å². The Kier molecular flexibility index (Phi) is 5.59. The summed E-state index contributed by atoms with van der Waals surface area (Å²) in [6.45, 7) is 0.846. The molecule has 2 heterocycles. The third kappa shape index (κ3) is 4.60. The highest BCUT2D eigenvalue weighted by atomic mass is 32.2. The van der Waals surface area contributed by atoms with Gasteiger partial charge in [-0.25, -0.2) is 4.98 Å². The predicted molar refractivity (Wildman–Crippen MR) is 127 cm³/mol. The number of aryl methyl sites for hydroxylation is 1. The maximum Gasteiger partial charge on any atom is 0.263 e. The molecule has 0 bridgehead atoms. The topological polar surface area (TPSA) is 97.0 Å². The van der Waals surface area contributed by atoms with E-state index in [1.165, 1.54) is 17.4 Å². The summed E-state index contributed by atoms with van der Waals surface area (Å²) >= 11 is 2.03. The van der Waals surface area contributed by atoms with E-state index >= 15 is 0 Å². The third-order valence-electron chi connectivity index (χ3n) is 6.09. The number of amides is 1. The Labute approximate surface area is 195 Å². The molecule has 0 saturated heterocycles. The van der Waals surface area contributed by atoms with Crippen LogP contribution in [0.1, 0.15) is 47.2 Å². The minimum Gasteiger partial charge on any atom is -0.475 e. The number of aromatic nitrogens is 2. The van der Waals surface area contributed by atoms with Crippen molar-refractivity contribution in [3.63, 3.8) is 0 Å². The van der Waals surface area contributed by atoms with E-state index in [-0.39, 0.29) is 16.9 Å². The summed E-state index contributed by atoms with van der Waals surface area (Å²) in [4.78, 5) is 30.2. The first-order valence-corrected chi connectivity index (χ1v) is 11.9. The second kappa shape index (κ2) is 8.56. The SMILES string of the molecule is Cn1c(=O)c(C(=O)NCc2ccc(C#N)cc2)cc2ccnc(OCC3(SC4CC4)CC3)c21. The van der Waals surface area contributed by atoms with E-state index in [1.54, 1.807) is 49.6 Å². The monoisotopic (exact) mass is 460 g/mol. The number of fused-ring (bicyclic) bond motifs is 1. The molecule has 1 N–H and O–H groups in total. The summed E-state index contributed by atoms with van der Waals surface area (Å²) in [5.41, 5.74) is 1.67. The van der Waals surface area contributed by atoms with Crippen LogP contribution in [0.4, 0.5) is 0 Å². The molecule has 2 saturated carbocycles. The van der Waals surface area contributed by atoms with E-state index in [4.69, 9.17) is 10.00 Å². The van der Waals surface area contributed by atoms with Gasteiger partial charge in [-0.15, -0.1) is 11.8 Å². The maximum atomic E-state index is 13.0. The summed E-state index contributed by atoms with van der Waals surface area (Å²) in [6.07, 6.45) is 6.55. The van der Waals surface area contributed by atoms with Crippen molar-refractivity contribution in [2.75, 3.05) is 6.61 Å². The predicted octanol–water partition coefficient (Wildman–Crippen LogP) is 3.54. The Bertz CT molecular complexity index is 1320. The molecule has 1 amide bonds. The molecule has 33 heavy (non-hydrogen) atoms. The van der Waals surface area contributed by atoms with Crippen LogP contribution in [0.5, 0.6) is 5.88 Å². The normalized spacial score (nSPS) is 16.2. The van der Waals surface area contributed by atoms with Gasteiger partial charge in [0.2, 0.25) is 5.88 Å². The summed E-state index contributed by atoms with van der Waals surface area (Å²) in [6, 6.07) is 12.4. The number of ether oxygens (including phenoxy) is 1. The summed E-state index contributed by atoms with van der Waals surface area (Å²) in [5, 5.41) is 13.2. The Morgan fingerprint density at radius 1 is 1.30 bits per heavy atom. The molecule has 0 aliphatic heterocycles. The van der Waals surface area contributed by atoms with Crippen LogP contribution >= 0.6 is 11.8 Å². The van der Waals surface area contributed by atoms with Crippen molar-refractivity contribution >= 4 is 28.6 Å². The highest BCUT2D eigenvalue weighted by Crippen LogP contribution is 2.55. The molecule has 0 radical (unpaired) electrons. The number of nitrogens with one attached hydrogen (secondary N) is 1. The number of carbonyl (C=O) groups excluding carboxylic acids is 1. The van der Waals surface area contributed by atoms with Gasteiger partial charge in [-0.05, 0) is 55.5 Å². The molecule has 0 unspecified atom stereocenters. The molecular weight excluding hydrogens is 436 g/mol. The fraction of sp³-hybridized carbons (Fsp3) is 0.360. The molecule has 2 aliphatic rings. The number of hydrogen-bond donors (Lipinski definition) is 1. The molecule has 5 rings (SSSR count). The lowest BCUT2D eigenvalue weighted by Crippen LogP contribution is -2.32. The van der Waals surface area contributed by atoms with E-state index < -0.39 is 11.5 Å². The van der Waals surface area contributed by atoms with Crippen molar-refractivity contribution in [2.24, 2.45) is 7.05 Å². The van der Waals surface area contributed by atoms with Gasteiger partial charge in [-0.3, -0.25) is 9.59 Å². The van der Waals surface area contributed by atoms with E-state index in [0.29, 0.717) is 23.6 Å². The number of hydrogen-bond acceptors (Lipinski definition) is 6. The highest BCUT2D eigenvalue weighted by molar-refractivity contribution is 8.01. The van der Waals surface area contributed by atoms with Crippen molar-refractivity contribution in [1.82, 2.24) is 14.9 Å². The van der Waals surface area contributed by atoms with E-state index in [1.807, 2.05) is 11.8 Å². The fourth-order valence-electron chi connectivity index (χ4n) is 3.82. The van der Waals surface area contributed by atoms with Crippen LogP contribution in [0.3, 0.4) is 0 Å². The summed E-state index contributed by atoms with van der Waals surface area (Å²) in [7, 11) is 1.64. The molecule has 1 aromatic carbocycles. The molecule has 168 valence electrons. The lowest BCUT2D eigenvalue weighted by molar-refractivity contribution is 0.0949. The van der Waals surface area contributed by atoms with Gasteiger partial charge in [0.1, 0.15) is 17.7 Å². The molecule has 2 aromatic heterocycles. The molecule has 0 atom stereocenters. The molecule has 3 aromatic rings. The maximum absolute atomic E-state index is 13.0. The smallest absolute Gasteiger partial charge is 0.263 e. The second-order valence-corrected chi connectivity index (χ2v) is 10.5. The molecule has 0 spiro atoms. The zero-order chi connectivity index (χ0) is 23.0. The number of nitrogens with zero attached hydrogens (tertiary/aromatic N) is 3. The quantitative estimate of drug-likeness (QED) is 0.552. The van der Waals surface area contributed by atoms with Crippen molar-refractivity contribution in [3.8, 4) is 11.9 Å². The Hall–Kier alpha value is -3.31. The van der Waals surface area contributed by atoms with Gasteiger partial charge in [-0.2, -0.15) is 5.26 Å². The van der Waals surface area contributed by atoms with E-state index in [0.717, 1.165) is 29.0 Å². The lowest BCUT2D eigenvalue weighted by Gasteiger charge is -2.17. The number of carbonyl (C=O) groups is 1. The van der Waals surface area contributed by atoms with Gasteiger partial charge in [0.05, 0.1) is 16.4 Å². The van der Waals surface area contributed by atoms with Crippen LogP contribution in [-0.4, -0.2) is 32.1 Å². The number of rotatable bonds is 8. The first kappa shape index (κ1) is 21.5. The van der Waals surface area contributed by atoms with Gasteiger partial charge in [-0.1, -0.05) is 12.1 Å². The molecule has 8 heteroatoms. The molecule has 2 aliphatic carbocycles. The Morgan fingerprint density at radius 3 is 2.73 bits per heavy atom. The molecule has 2 fully saturated rings. The van der Waals surface area contributed by atoms with Crippen LogP contribution < -0.4 is 15.6 Å². The van der Waals surface area contributed by atoms with Crippen molar-refractivity contribution < 1.29 is 9.53 Å². The van der Waals surface area contributed by atoms with E-state index in [9.17, 15) is 9.59 Å². The standard InChI is InChI=1S/C25H24N4O3S/c1-29-21-18(8-11-27-23(21)32-15-25(9-10-25)33-19-6-7-19)12-20(24(29)31)22(30)28-14-17-4-2-16(13-26)3-5-17/h2-5,8,11-12,19H,6-7,9-10,14-15H2,1H3,(H,28,30). The Balaban J connectivity index is 1.34. The zero-order valence-electron chi connectivity index (χ0n) is 18.3. The average Bonchev–Trinajstić information content (AvgIpc) is 3.77. The number of pyridine rings is 2. The van der Waals surface area contributed by atoms with Crippen molar-refractivity contribution in [3.05, 3.63) is 69.6 Å². The van der Waals surface area contributed by atoms with Gasteiger partial charge in [0.25, 0.3) is 11.5 Å². The van der Waals surface area contributed by atoms with Gasteiger partial charge < -0.3 is 14.6 Å². The minimum atomic E-state index is -0.445. The fourth-order valence-corrected chi connectivity index (χ4v) is 5.36. The van der Waals surface area contributed by atoms with Crippen LogP contribution in [0, 0.1) is 11.3 Å². The molecular formula is C25H24N4O3S. The number of nitriles is 1. The number of benzene rings is 1. The highest BCUT2D eigenvalue weighted by Gasteiger charge is 2.48. The first-order valence-electron chi connectivity index (χ1n) is 11.0. The van der Waals surface area contributed by atoms with Crippen LogP contribution in [0.25, 0.3) is 10.9 Å².